The highest BCUT2D eigenvalue weighted by Crippen LogP contribution is 2.34. The van der Waals surface area contributed by atoms with E-state index >= 15 is 0 Å². The Kier molecular flexibility index (Phi) is 4.03. The number of nitrogens with zero attached hydrogens (tertiary/aromatic N) is 3. The van der Waals surface area contributed by atoms with E-state index in [1.165, 1.54) is 11.8 Å². The van der Waals surface area contributed by atoms with Gasteiger partial charge in [-0.1, -0.05) is 16.9 Å². The van der Waals surface area contributed by atoms with Crippen molar-refractivity contribution in [1.82, 2.24) is 15.1 Å². The van der Waals surface area contributed by atoms with E-state index in [1.54, 1.807) is 7.11 Å². The minimum absolute atomic E-state index is 0.0134. The van der Waals surface area contributed by atoms with Crippen molar-refractivity contribution >= 4 is 11.8 Å². The fourth-order valence-electron chi connectivity index (χ4n) is 1.32. The van der Waals surface area contributed by atoms with Gasteiger partial charge in [-0.25, -0.2) is 4.98 Å². The largest absolute Gasteiger partial charge is 0.437 e. The molecular weight excluding hydrogens is 254 g/mol. The molecule has 98 valence electrons. The molecule has 0 bridgehead atoms. The molecule has 0 aliphatic heterocycles. The average molecular weight is 269 g/mol. The second-order valence-electron chi connectivity index (χ2n) is 3.86. The maximum absolute atomic E-state index is 5.50. The Morgan fingerprint density at radius 1 is 1.33 bits per heavy atom. The van der Waals surface area contributed by atoms with Gasteiger partial charge in [0.15, 0.2) is 5.82 Å². The molecule has 6 nitrogen and oxygen atoms in total. The third-order valence-corrected chi connectivity index (χ3v) is 3.32. The fraction of sp³-hybridized carbons (Fsp3) is 0.545. The Morgan fingerprint density at radius 2 is 2.11 bits per heavy atom. The van der Waals surface area contributed by atoms with Crippen LogP contribution in [-0.4, -0.2) is 22.2 Å². The van der Waals surface area contributed by atoms with E-state index in [-0.39, 0.29) is 5.25 Å². The number of aromatic nitrogens is 3. The first kappa shape index (κ1) is 13.1. The number of ether oxygens (including phenoxy) is 1. The SMILES string of the molecule is COCc1noc([C@H](C)Sc2nc(C)c(C)o2)n1. The van der Waals surface area contributed by atoms with Gasteiger partial charge in [0.05, 0.1) is 10.9 Å². The molecule has 0 spiro atoms. The lowest BCUT2D eigenvalue weighted by Crippen LogP contribution is -1.92. The van der Waals surface area contributed by atoms with Gasteiger partial charge in [-0.2, -0.15) is 4.98 Å². The summed E-state index contributed by atoms with van der Waals surface area (Å²) in [6, 6.07) is 0. The Morgan fingerprint density at radius 3 is 2.72 bits per heavy atom. The van der Waals surface area contributed by atoms with E-state index < -0.39 is 0 Å². The summed E-state index contributed by atoms with van der Waals surface area (Å²) < 4.78 is 15.6. The van der Waals surface area contributed by atoms with Gasteiger partial charge >= 0.3 is 0 Å². The third kappa shape index (κ3) is 2.91. The summed E-state index contributed by atoms with van der Waals surface area (Å²) in [7, 11) is 1.59. The van der Waals surface area contributed by atoms with Crippen LogP contribution in [0.1, 0.15) is 35.3 Å². The molecule has 0 saturated heterocycles. The molecule has 0 aliphatic rings. The first-order valence-electron chi connectivity index (χ1n) is 5.52. The Bertz CT molecular complexity index is 504. The van der Waals surface area contributed by atoms with Gasteiger partial charge in [0, 0.05) is 7.11 Å². The van der Waals surface area contributed by atoms with Crippen LogP contribution in [0.25, 0.3) is 0 Å². The summed E-state index contributed by atoms with van der Waals surface area (Å²) in [6.07, 6.45) is 0. The molecule has 1 atom stereocenters. The van der Waals surface area contributed by atoms with Crippen molar-refractivity contribution in [3.8, 4) is 0 Å². The van der Waals surface area contributed by atoms with E-state index in [0.717, 1.165) is 11.5 Å². The molecule has 0 radical (unpaired) electrons. The molecule has 0 saturated carbocycles. The topological polar surface area (TPSA) is 74.2 Å². The van der Waals surface area contributed by atoms with Gasteiger partial charge in [0.2, 0.25) is 5.89 Å². The van der Waals surface area contributed by atoms with Gasteiger partial charge in [-0.15, -0.1) is 0 Å². The fourth-order valence-corrected chi connectivity index (χ4v) is 2.18. The Labute approximate surface area is 109 Å². The molecule has 18 heavy (non-hydrogen) atoms. The molecule has 2 aromatic heterocycles. The van der Waals surface area contributed by atoms with E-state index in [4.69, 9.17) is 13.7 Å². The lowest BCUT2D eigenvalue weighted by molar-refractivity contribution is 0.174. The van der Waals surface area contributed by atoms with Crippen LogP contribution < -0.4 is 0 Å². The molecule has 2 aromatic rings. The minimum Gasteiger partial charge on any atom is -0.437 e. The van der Waals surface area contributed by atoms with Crippen LogP contribution in [0, 0.1) is 13.8 Å². The van der Waals surface area contributed by atoms with E-state index in [0.29, 0.717) is 23.5 Å². The van der Waals surface area contributed by atoms with Gasteiger partial charge in [-0.05, 0) is 20.8 Å². The van der Waals surface area contributed by atoms with E-state index in [1.807, 2.05) is 20.8 Å². The van der Waals surface area contributed by atoms with Crippen LogP contribution in [0.4, 0.5) is 0 Å². The van der Waals surface area contributed by atoms with Crippen molar-refractivity contribution in [2.45, 2.75) is 37.9 Å². The molecule has 0 amide bonds. The van der Waals surface area contributed by atoms with Crippen molar-refractivity contribution in [2.24, 2.45) is 0 Å². The Hall–Kier alpha value is -1.34. The summed E-state index contributed by atoms with van der Waals surface area (Å²) >= 11 is 1.45. The van der Waals surface area contributed by atoms with Crippen LogP contribution in [0.5, 0.6) is 0 Å². The zero-order valence-corrected chi connectivity index (χ0v) is 11.6. The highest BCUT2D eigenvalue weighted by molar-refractivity contribution is 7.99. The summed E-state index contributed by atoms with van der Waals surface area (Å²) in [6.45, 7) is 6.11. The summed E-state index contributed by atoms with van der Waals surface area (Å²) in [5.74, 6) is 1.91. The molecule has 2 rings (SSSR count). The minimum atomic E-state index is -0.0134. The molecule has 0 unspecified atom stereocenters. The normalized spacial score (nSPS) is 12.9. The zero-order valence-electron chi connectivity index (χ0n) is 10.8. The number of thioether (sulfide) groups is 1. The number of oxazole rings is 1. The van der Waals surface area contributed by atoms with E-state index in [2.05, 4.69) is 15.1 Å². The smallest absolute Gasteiger partial charge is 0.256 e. The summed E-state index contributed by atoms with van der Waals surface area (Å²) in [4.78, 5) is 8.53. The Balaban J connectivity index is 2.04. The number of hydrogen-bond donors (Lipinski definition) is 0. The monoisotopic (exact) mass is 269 g/mol. The highest BCUT2D eigenvalue weighted by atomic mass is 32.2. The van der Waals surface area contributed by atoms with Crippen LogP contribution >= 0.6 is 11.8 Å². The summed E-state index contributed by atoms with van der Waals surface area (Å²) in [5.41, 5.74) is 0.898. The second-order valence-corrected chi connectivity index (χ2v) is 5.16. The molecule has 0 aromatic carbocycles. The lowest BCUT2D eigenvalue weighted by Gasteiger charge is -2.01. The molecule has 2 heterocycles. The first-order valence-corrected chi connectivity index (χ1v) is 6.40. The van der Waals surface area contributed by atoms with Gasteiger partial charge in [-0.3, -0.25) is 0 Å². The van der Waals surface area contributed by atoms with Crippen LogP contribution in [0.15, 0.2) is 14.2 Å². The van der Waals surface area contributed by atoms with Crippen molar-refractivity contribution in [1.29, 1.82) is 0 Å². The van der Waals surface area contributed by atoms with Crippen molar-refractivity contribution in [2.75, 3.05) is 7.11 Å². The quantitative estimate of drug-likeness (QED) is 0.772. The first-order chi connectivity index (χ1) is 8.60. The predicted molar refractivity (Wildman–Crippen MR) is 65.3 cm³/mol. The molecule has 0 fully saturated rings. The summed E-state index contributed by atoms with van der Waals surface area (Å²) in [5, 5.41) is 4.42. The maximum Gasteiger partial charge on any atom is 0.256 e. The molecule has 0 aliphatic carbocycles. The van der Waals surface area contributed by atoms with Crippen molar-refractivity contribution < 1.29 is 13.7 Å². The van der Waals surface area contributed by atoms with Crippen LogP contribution in [-0.2, 0) is 11.3 Å². The van der Waals surface area contributed by atoms with Gasteiger partial charge in [0.25, 0.3) is 5.22 Å². The van der Waals surface area contributed by atoms with Crippen molar-refractivity contribution in [3.05, 3.63) is 23.2 Å². The number of hydrogen-bond acceptors (Lipinski definition) is 7. The standard InChI is InChI=1S/C11H15N3O3S/c1-6-7(2)16-11(12-6)18-8(3)10-13-9(5-15-4)14-17-10/h8H,5H2,1-4H3/t8-/m0/s1. The second kappa shape index (κ2) is 5.53. The number of methoxy groups -OCH3 is 1. The van der Waals surface area contributed by atoms with Crippen LogP contribution in [0.2, 0.25) is 0 Å². The lowest BCUT2D eigenvalue weighted by atomic mass is 10.4. The van der Waals surface area contributed by atoms with Gasteiger partial charge in [0.1, 0.15) is 12.4 Å². The molecule has 7 heteroatoms. The average Bonchev–Trinajstić information content (AvgIpc) is 2.88. The number of aryl methyl sites for hydroxylation is 2. The van der Waals surface area contributed by atoms with Gasteiger partial charge < -0.3 is 13.7 Å². The van der Waals surface area contributed by atoms with Crippen molar-refractivity contribution in [3.63, 3.8) is 0 Å². The third-order valence-electron chi connectivity index (χ3n) is 2.39. The maximum atomic E-state index is 5.50. The molecular formula is C11H15N3O3S. The predicted octanol–water partition coefficient (Wildman–Crippen LogP) is 2.67. The van der Waals surface area contributed by atoms with Crippen LogP contribution in [0.3, 0.4) is 0 Å². The highest BCUT2D eigenvalue weighted by Gasteiger charge is 2.18. The molecule has 0 N–H and O–H groups in total. The zero-order chi connectivity index (χ0) is 13.1. The number of rotatable bonds is 5. The van der Waals surface area contributed by atoms with E-state index in [9.17, 15) is 0 Å².